The summed E-state index contributed by atoms with van der Waals surface area (Å²) in [5.74, 6) is -0.175. The number of aliphatic hydroxyl groups is 1. The molecule has 0 saturated carbocycles. The van der Waals surface area contributed by atoms with Crippen LogP contribution in [0, 0.1) is 6.92 Å². The third kappa shape index (κ3) is 2.69. The van der Waals surface area contributed by atoms with Gasteiger partial charge < -0.3 is 10.4 Å². The van der Waals surface area contributed by atoms with E-state index < -0.39 is 0 Å². The number of rotatable bonds is 3. The molecule has 0 fully saturated rings. The van der Waals surface area contributed by atoms with E-state index in [4.69, 9.17) is 5.11 Å². The van der Waals surface area contributed by atoms with Crippen molar-refractivity contribution in [3.05, 3.63) is 46.5 Å². The number of benzene rings is 1. The summed E-state index contributed by atoms with van der Waals surface area (Å²) < 4.78 is 4.05. The highest BCUT2D eigenvalue weighted by molar-refractivity contribution is 7.04. The number of nitrogens with zero attached hydrogens (tertiary/aromatic N) is 1. The molecule has 1 aromatic heterocycles. The van der Waals surface area contributed by atoms with Crippen LogP contribution < -0.4 is 5.32 Å². The molecule has 2 N–H and O–H groups in total. The smallest absolute Gasteiger partial charge is 0.258 e. The molecular formula is C12H12N2O2S. The second-order valence-corrected chi connectivity index (χ2v) is 4.26. The predicted molar refractivity (Wildman–Crippen MR) is 67.2 cm³/mol. The Bertz CT molecular complexity index is 537. The average molecular weight is 248 g/mol. The highest BCUT2D eigenvalue weighted by atomic mass is 32.1. The third-order valence-electron chi connectivity index (χ3n) is 2.36. The van der Waals surface area contributed by atoms with E-state index in [1.54, 1.807) is 36.6 Å². The zero-order valence-electron chi connectivity index (χ0n) is 9.30. The van der Waals surface area contributed by atoms with Crippen molar-refractivity contribution in [3.8, 4) is 0 Å². The lowest BCUT2D eigenvalue weighted by Crippen LogP contribution is -2.12. The van der Waals surface area contributed by atoms with Crippen LogP contribution in [0.2, 0.25) is 0 Å². The van der Waals surface area contributed by atoms with E-state index in [1.165, 1.54) is 11.5 Å². The molecule has 1 aromatic carbocycles. The van der Waals surface area contributed by atoms with Gasteiger partial charge in [-0.1, -0.05) is 12.1 Å². The molecule has 2 rings (SSSR count). The monoisotopic (exact) mass is 248 g/mol. The minimum absolute atomic E-state index is 0.0389. The molecule has 0 aliphatic carbocycles. The molecule has 0 atom stereocenters. The first-order valence-corrected chi connectivity index (χ1v) is 5.96. The summed E-state index contributed by atoms with van der Waals surface area (Å²) >= 11 is 1.26. The van der Waals surface area contributed by atoms with E-state index >= 15 is 0 Å². The number of amides is 1. The fourth-order valence-corrected chi connectivity index (χ4v) is 2.15. The summed E-state index contributed by atoms with van der Waals surface area (Å²) in [7, 11) is 0. The van der Waals surface area contributed by atoms with Crippen molar-refractivity contribution in [3.63, 3.8) is 0 Å². The van der Waals surface area contributed by atoms with E-state index in [9.17, 15) is 4.79 Å². The van der Waals surface area contributed by atoms with E-state index in [0.717, 1.165) is 11.3 Å². The van der Waals surface area contributed by atoms with Gasteiger partial charge in [-0.3, -0.25) is 4.79 Å². The quantitative estimate of drug-likeness (QED) is 0.875. The lowest BCUT2D eigenvalue weighted by atomic mass is 10.2. The van der Waals surface area contributed by atoms with Crippen LogP contribution in [-0.4, -0.2) is 15.4 Å². The number of carbonyl (C=O) groups is 1. The Labute approximate surface area is 103 Å². The van der Waals surface area contributed by atoms with Crippen molar-refractivity contribution >= 4 is 23.1 Å². The van der Waals surface area contributed by atoms with Crippen molar-refractivity contribution in [1.82, 2.24) is 4.37 Å². The summed E-state index contributed by atoms with van der Waals surface area (Å²) in [5.41, 5.74) is 2.75. The summed E-state index contributed by atoms with van der Waals surface area (Å²) in [6.07, 6.45) is 0. The molecule has 88 valence electrons. The van der Waals surface area contributed by atoms with Crippen LogP contribution in [0.5, 0.6) is 0 Å². The standard InChI is InChI=1S/C12H12N2O2S/c1-8-11(7-17-14-8)12(16)13-10-4-2-3-9(5-10)6-15/h2-5,7,15H,6H2,1H3,(H,13,16). The number of nitrogens with one attached hydrogen (secondary N) is 1. The molecule has 0 bridgehead atoms. The van der Waals surface area contributed by atoms with E-state index in [2.05, 4.69) is 9.69 Å². The Kier molecular flexibility index (Phi) is 3.51. The van der Waals surface area contributed by atoms with Crippen LogP contribution in [0.15, 0.2) is 29.6 Å². The Morgan fingerprint density at radius 2 is 2.35 bits per heavy atom. The first-order chi connectivity index (χ1) is 8.20. The summed E-state index contributed by atoms with van der Waals surface area (Å²) in [4.78, 5) is 11.9. The van der Waals surface area contributed by atoms with Crippen LogP contribution in [0.25, 0.3) is 0 Å². The largest absolute Gasteiger partial charge is 0.392 e. The van der Waals surface area contributed by atoms with Crippen LogP contribution in [-0.2, 0) is 6.61 Å². The van der Waals surface area contributed by atoms with Crippen molar-refractivity contribution in [1.29, 1.82) is 0 Å². The molecule has 0 spiro atoms. The fraction of sp³-hybridized carbons (Fsp3) is 0.167. The molecule has 0 aliphatic heterocycles. The molecule has 0 saturated heterocycles. The van der Waals surface area contributed by atoms with Crippen molar-refractivity contribution in [2.24, 2.45) is 0 Å². The van der Waals surface area contributed by atoms with Gasteiger partial charge in [-0.2, -0.15) is 4.37 Å². The molecule has 0 radical (unpaired) electrons. The predicted octanol–water partition coefficient (Wildman–Crippen LogP) is 2.20. The highest BCUT2D eigenvalue weighted by Gasteiger charge is 2.11. The molecule has 1 amide bonds. The van der Waals surface area contributed by atoms with Crippen molar-refractivity contribution < 1.29 is 9.90 Å². The maximum Gasteiger partial charge on any atom is 0.258 e. The fourth-order valence-electron chi connectivity index (χ4n) is 1.46. The number of aromatic nitrogens is 1. The van der Waals surface area contributed by atoms with Gasteiger partial charge in [0, 0.05) is 11.1 Å². The second kappa shape index (κ2) is 5.07. The van der Waals surface area contributed by atoms with Crippen molar-refractivity contribution in [2.45, 2.75) is 13.5 Å². The highest BCUT2D eigenvalue weighted by Crippen LogP contribution is 2.14. The van der Waals surface area contributed by atoms with Gasteiger partial charge in [0.1, 0.15) is 0 Å². The first kappa shape index (κ1) is 11.8. The van der Waals surface area contributed by atoms with Crippen LogP contribution in [0.3, 0.4) is 0 Å². The SMILES string of the molecule is Cc1nscc1C(=O)Nc1cccc(CO)c1. The Morgan fingerprint density at radius 3 is 3.00 bits per heavy atom. The van der Waals surface area contributed by atoms with Crippen LogP contribution >= 0.6 is 11.5 Å². The number of aliphatic hydroxyl groups excluding tert-OH is 1. The zero-order valence-corrected chi connectivity index (χ0v) is 10.1. The van der Waals surface area contributed by atoms with Gasteiger partial charge >= 0.3 is 0 Å². The number of carbonyl (C=O) groups excluding carboxylic acids is 1. The van der Waals surface area contributed by atoms with Gasteiger partial charge in [-0.05, 0) is 36.2 Å². The molecule has 2 aromatic rings. The van der Waals surface area contributed by atoms with E-state index in [-0.39, 0.29) is 12.5 Å². The first-order valence-electron chi connectivity index (χ1n) is 5.13. The van der Waals surface area contributed by atoms with Gasteiger partial charge in [0.05, 0.1) is 17.9 Å². The number of anilines is 1. The minimum Gasteiger partial charge on any atom is -0.392 e. The molecule has 0 aliphatic rings. The normalized spacial score (nSPS) is 10.2. The summed E-state index contributed by atoms with van der Waals surface area (Å²) in [6.45, 7) is 1.76. The molecular weight excluding hydrogens is 236 g/mol. The number of hydrogen-bond acceptors (Lipinski definition) is 4. The number of aryl methyl sites for hydroxylation is 1. The maximum absolute atomic E-state index is 11.9. The van der Waals surface area contributed by atoms with Gasteiger partial charge in [-0.25, -0.2) is 0 Å². The van der Waals surface area contributed by atoms with Gasteiger partial charge in [0.2, 0.25) is 0 Å². The lowest BCUT2D eigenvalue weighted by molar-refractivity contribution is 0.102. The van der Waals surface area contributed by atoms with Gasteiger partial charge in [0.15, 0.2) is 0 Å². The molecule has 0 unspecified atom stereocenters. The Morgan fingerprint density at radius 1 is 1.53 bits per heavy atom. The average Bonchev–Trinajstić information content (AvgIpc) is 2.76. The minimum atomic E-state index is -0.175. The number of hydrogen-bond donors (Lipinski definition) is 2. The Balaban J connectivity index is 2.16. The third-order valence-corrected chi connectivity index (χ3v) is 3.08. The Hall–Kier alpha value is -1.72. The van der Waals surface area contributed by atoms with Gasteiger partial charge in [0.25, 0.3) is 5.91 Å². The van der Waals surface area contributed by atoms with Gasteiger partial charge in [-0.15, -0.1) is 0 Å². The molecule has 17 heavy (non-hydrogen) atoms. The maximum atomic E-state index is 11.9. The van der Waals surface area contributed by atoms with Crippen LogP contribution in [0.4, 0.5) is 5.69 Å². The topological polar surface area (TPSA) is 62.2 Å². The lowest BCUT2D eigenvalue weighted by Gasteiger charge is -2.05. The van der Waals surface area contributed by atoms with Crippen LogP contribution in [0.1, 0.15) is 21.6 Å². The van der Waals surface area contributed by atoms with E-state index in [0.29, 0.717) is 11.3 Å². The second-order valence-electron chi connectivity index (χ2n) is 3.63. The molecule has 4 nitrogen and oxygen atoms in total. The molecule has 5 heteroatoms. The summed E-state index contributed by atoms with van der Waals surface area (Å²) in [5, 5.41) is 13.5. The summed E-state index contributed by atoms with van der Waals surface area (Å²) in [6, 6.07) is 7.12. The van der Waals surface area contributed by atoms with E-state index in [1.807, 2.05) is 0 Å². The zero-order chi connectivity index (χ0) is 12.3. The molecule has 1 heterocycles. The van der Waals surface area contributed by atoms with Crippen molar-refractivity contribution in [2.75, 3.05) is 5.32 Å².